The van der Waals surface area contributed by atoms with Crippen LogP contribution in [0, 0.1) is 0 Å². The fraction of sp³-hybridized carbons (Fsp3) is 0.417. The zero-order valence-corrected chi connectivity index (χ0v) is 22.3. The summed E-state index contributed by atoms with van der Waals surface area (Å²) in [6.45, 7) is -0.255. The van der Waals surface area contributed by atoms with Crippen LogP contribution in [0.15, 0.2) is 24.7 Å². The molecule has 0 bridgehead atoms. The lowest BCUT2D eigenvalue weighted by Gasteiger charge is -2.29. The second kappa shape index (κ2) is 10.6. The summed E-state index contributed by atoms with van der Waals surface area (Å²) in [5.74, 6) is -7.17. The molecule has 0 saturated carbocycles. The topological polar surface area (TPSA) is 136 Å². The number of nitrogen functional groups attached to an aromatic ring is 1. The minimum Gasteiger partial charge on any atom is -0.480 e. The largest absolute Gasteiger partial charge is 0.480 e. The Labute approximate surface area is 236 Å². The quantitative estimate of drug-likeness (QED) is 0.428. The first-order valence-electron chi connectivity index (χ1n) is 12.1. The predicted molar refractivity (Wildman–Crippen MR) is 130 cm³/mol. The van der Waals surface area contributed by atoms with Crippen molar-refractivity contribution in [3.8, 4) is 17.1 Å². The number of hydrogen-bond donors (Lipinski definition) is 1. The first-order valence-corrected chi connectivity index (χ1v) is 12.1. The van der Waals surface area contributed by atoms with E-state index in [9.17, 15) is 45.1 Å². The highest BCUT2D eigenvalue weighted by molar-refractivity contribution is 6.08. The minimum atomic E-state index is -5.72. The molecular weight excluding hydrogens is 602 g/mol. The van der Waals surface area contributed by atoms with Gasteiger partial charge < -0.3 is 15.4 Å². The number of likely N-dealkylation sites (tertiary alicyclic amines) is 1. The number of carbonyl (C=O) groups excluding carboxylic acids is 3. The van der Waals surface area contributed by atoms with Crippen molar-refractivity contribution in [3.05, 3.63) is 35.8 Å². The van der Waals surface area contributed by atoms with Crippen molar-refractivity contribution in [1.29, 1.82) is 0 Å². The van der Waals surface area contributed by atoms with E-state index in [2.05, 4.69) is 15.1 Å². The molecule has 1 fully saturated rings. The summed E-state index contributed by atoms with van der Waals surface area (Å²) in [5, 5.41) is 3.73. The Morgan fingerprint density at radius 2 is 1.70 bits per heavy atom. The van der Waals surface area contributed by atoms with Gasteiger partial charge in [-0.25, -0.2) is 23.3 Å². The first-order chi connectivity index (χ1) is 19.8. The molecule has 2 atom stereocenters. The number of fused-ring (bicyclic) bond motifs is 1. The molecule has 1 saturated heterocycles. The lowest BCUT2D eigenvalue weighted by Crippen LogP contribution is -2.54. The van der Waals surface area contributed by atoms with Crippen molar-refractivity contribution in [2.24, 2.45) is 0 Å². The minimum absolute atomic E-state index is 0.327. The van der Waals surface area contributed by atoms with E-state index < -0.39 is 94.3 Å². The Morgan fingerprint density at radius 3 is 2.26 bits per heavy atom. The number of methoxy groups -OCH3 is 1. The molecule has 0 aromatic carbocycles. The van der Waals surface area contributed by atoms with E-state index in [1.54, 1.807) is 0 Å². The fourth-order valence-corrected chi connectivity index (χ4v) is 4.59. The highest BCUT2D eigenvalue weighted by Crippen LogP contribution is 2.39. The van der Waals surface area contributed by atoms with E-state index >= 15 is 4.39 Å². The van der Waals surface area contributed by atoms with Gasteiger partial charge in [0.1, 0.15) is 23.6 Å². The molecular formula is C24H21F8N7O4. The highest BCUT2D eigenvalue weighted by atomic mass is 19.4. The molecule has 3 amide bonds. The number of amides is 3. The fourth-order valence-electron chi connectivity index (χ4n) is 4.59. The smallest absolute Gasteiger partial charge is 0.471 e. The standard InChI is InChI=1S/C24H21F8N7O4/c1-22(2,26)20(41)37-7-13(25)15(8-37)38(21(42)24(30,31)32)19(40)11-4-10(6-34-18(11)43-3)14-5-12(23(27,28)29)16-17(33)35-9-36-39(14)16/h4-6,9,13,15H,7-8H2,1-3H3,(H2,33,35,36)/t13-,15+/m0/s1. The molecule has 11 nitrogen and oxygen atoms in total. The number of aromatic nitrogens is 4. The summed E-state index contributed by atoms with van der Waals surface area (Å²) < 4.78 is 117. The zero-order valence-electron chi connectivity index (χ0n) is 22.3. The number of alkyl halides is 8. The van der Waals surface area contributed by atoms with Crippen molar-refractivity contribution in [2.75, 3.05) is 25.9 Å². The summed E-state index contributed by atoms with van der Waals surface area (Å²) in [4.78, 5) is 45.8. The van der Waals surface area contributed by atoms with Gasteiger partial charge in [-0.2, -0.15) is 31.4 Å². The average Bonchev–Trinajstić information content (AvgIpc) is 3.49. The predicted octanol–water partition coefficient (Wildman–Crippen LogP) is 3.23. The summed E-state index contributed by atoms with van der Waals surface area (Å²) in [7, 11) is 0.953. The SMILES string of the molecule is COc1ncc(-c2cc(C(F)(F)F)c3c(N)ncnn23)cc1C(=O)N(C(=O)C(F)(F)F)[C@@H]1CN(C(=O)C(C)(C)F)C[C@@H]1F. The second-order valence-electron chi connectivity index (χ2n) is 9.87. The van der Waals surface area contributed by atoms with Crippen LogP contribution in [0.4, 0.5) is 40.9 Å². The molecule has 43 heavy (non-hydrogen) atoms. The third-order valence-corrected chi connectivity index (χ3v) is 6.49. The monoisotopic (exact) mass is 623 g/mol. The number of ether oxygens (including phenoxy) is 1. The van der Waals surface area contributed by atoms with Crippen LogP contribution in [0.5, 0.6) is 5.88 Å². The molecule has 19 heteroatoms. The van der Waals surface area contributed by atoms with E-state index in [-0.39, 0.29) is 11.3 Å². The van der Waals surface area contributed by atoms with Crippen LogP contribution in [-0.4, -0.2) is 91.4 Å². The van der Waals surface area contributed by atoms with Crippen LogP contribution in [0.1, 0.15) is 29.8 Å². The van der Waals surface area contributed by atoms with Crippen molar-refractivity contribution < 1.29 is 54.2 Å². The van der Waals surface area contributed by atoms with Crippen LogP contribution in [0.3, 0.4) is 0 Å². The summed E-state index contributed by atoms with van der Waals surface area (Å²) in [6, 6.07) is -0.881. The maximum Gasteiger partial charge on any atom is 0.471 e. The molecule has 0 radical (unpaired) electrons. The number of nitrogens with zero attached hydrogens (tertiary/aromatic N) is 6. The van der Waals surface area contributed by atoms with Gasteiger partial charge >= 0.3 is 18.3 Å². The van der Waals surface area contributed by atoms with Gasteiger partial charge in [0.2, 0.25) is 5.88 Å². The highest BCUT2D eigenvalue weighted by Gasteiger charge is 2.53. The molecule has 2 N–H and O–H groups in total. The van der Waals surface area contributed by atoms with E-state index in [0.29, 0.717) is 15.5 Å². The molecule has 3 aromatic rings. The van der Waals surface area contributed by atoms with Crippen LogP contribution < -0.4 is 10.5 Å². The van der Waals surface area contributed by atoms with Gasteiger partial charge in [0.15, 0.2) is 11.5 Å². The number of hydrogen-bond acceptors (Lipinski definition) is 8. The first kappa shape index (κ1) is 31.4. The number of pyridine rings is 1. The van der Waals surface area contributed by atoms with Crippen LogP contribution >= 0.6 is 0 Å². The maximum atomic E-state index is 15.1. The van der Waals surface area contributed by atoms with Gasteiger partial charge in [-0.3, -0.25) is 19.3 Å². The van der Waals surface area contributed by atoms with E-state index in [4.69, 9.17) is 10.5 Å². The Morgan fingerprint density at radius 1 is 1.05 bits per heavy atom. The lowest BCUT2D eigenvalue weighted by molar-refractivity contribution is -0.184. The normalized spacial score (nSPS) is 17.8. The molecule has 0 aliphatic carbocycles. The number of nitrogens with two attached hydrogens (primary N) is 1. The molecule has 1 aliphatic heterocycles. The zero-order chi connectivity index (χ0) is 32.2. The Balaban J connectivity index is 1.86. The molecule has 4 heterocycles. The Bertz CT molecular complexity index is 1600. The molecule has 3 aromatic heterocycles. The molecule has 1 aliphatic rings. The van der Waals surface area contributed by atoms with Gasteiger partial charge in [-0.15, -0.1) is 0 Å². The lowest BCUT2D eigenvalue weighted by atomic mass is 10.1. The summed E-state index contributed by atoms with van der Waals surface area (Å²) in [5.41, 5.74) is -0.487. The summed E-state index contributed by atoms with van der Waals surface area (Å²) in [6.07, 6.45) is -11.4. The number of rotatable bonds is 5. The Hall–Kier alpha value is -4.58. The Kier molecular flexibility index (Phi) is 7.73. The molecule has 0 unspecified atom stereocenters. The maximum absolute atomic E-state index is 15.1. The van der Waals surface area contributed by atoms with Gasteiger partial charge in [0, 0.05) is 18.3 Å². The van der Waals surface area contributed by atoms with Crippen LogP contribution in [0.25, 0.3) is 16.8 Å². The van der Waals surface area contributed by atoms with Crippen molar-refractivity contribution >= 4 is 29.1 Å². The summed E-state index contributed by atoms with van der Waals surface area (Å²) >= 11 is 0. The average molecular weight is 623 g/mol. The van der Waals surface area contributed by atoms with E-state index in [1.807, 2.05) is 0 Å². The number of halogens is 8. The third-order valence-electron chi connectivity index (χ3n) is 6.49. The second-order valence-corrected chi connectivity index (χ2v) is 9.87. The number of anilines is 1. The van der Waals surface area contributed by atoms with Crippen LogP contribution in [0.2, 0.25) is 0 Å². The van der Waals surface area contributed by atoms with Gasteiger partial charge in [-0.05, 0) is 26.0 Å². The van der Waals surface area contributed by atoms with E-state index in [1.165, 1.54) is 0 Å². The van der Waals surface area contributed by atoms with Crippen molar-refractivity contribution in [2.45, 2.75) is 44.1 Å². The van der Waals surface area contributed by atoms with Crippen LogP contribution in [-0.2, 0) is 15.8 Å². The number of imide groups is 1. The third kappa shape index (κ3) is 5.74. The van der Waals surface area contributed by atoms with Gasteiger partial charge in [-0.1, -0.05) is 0 Å². The van der Waals surface area contributed by atoms with Gasteiger partial charge in [0.05, 0.1) is 31.0 Å². The van der Waals surface area contributed by atoms with Crippen molar-refractivity contribution in [1.82, 2.24) is 29.4 Å². The van der Waals surface area contributed by atoms with E-state index in [0.717, 1.165) is 39.5 Å². The number of carbonyl (C=O) groups is 3. The van der Waals surface area contributed by atoms with Gasteiger partial charge in [0.25, 0.3) is 11.8 Å². The molecule has 0 spiro atoms. The molecule has 4 rings (SSSR count). The molecule has 232 valence electrons. The van der Waals surface area contributed by atoms with Crippen molar-refractivity contribution in [3.63, 3.8) is 0 Å².